The van der Waals surface area contributed by atoms with Crippen LogP contribution in [0.3, 0.4) is 0 Å². The number of hydrogen-bond acceptors (Lipinski definition) is 5. The predicted molar refractivity (Wildman–Crippen MR) is 153 cm³/mol. The van der Waals surface area contributed by atoms with Crippen molar-refractivity contribution >= 4 is 36.4 Å². The van der Waals surface area contributed by atoms with Crippen molar-refractivity contribution in [3.63, 3.8) is 0 Å². The van der Waals surface area contributed by atoms with Crippen LogP contribution in [0, 0.1) is 21.3 Å². The Morgan fingerprint density at radius 1 is 0.872 bits per heavy atom. The van der Waals surface area contributed by atoms with Crippen molar-refractivity contribution < 1.29 is 17.7 Å². The van der Waals surface area contributed by atoms with Gasteiger partial charge in [-0.2, -0.15) is 8.42 Å². The van der Waals surface area contributed by atoms with Gasteiger partial charge in [-0.05, 0) is 74.2 Å². The Morgan fingerprint density at radius 2 is 1.46 bits per heavy atom. The van der Waals surface area contributed by atoms with Gasteiger partial charge in [0.1, 0.15) is 5.82 Å². The number of halogens is 1. The van der Waals surface area contributed by atoms with Gasteiger partial charge in [0.25, 0.3) is 15.7 Å². The number of nitro groups is 1. The third-order valence-corrected chi connectivity index (χ3v) is 10.9. The average molecular weight is 571 g/mol. The van der Waals surface area contributed by atoms with Crippen LogP contribution in [-0.2, 0) is 19.8 Å². The number of fused-ring (bicyclic) bond motifs is 1. The van der Waals surface area contributed by atoms with E-state index in [1.807, 2.05) is 44.2 Å². The molecular formula is C28H31FN4O4S2. The minimum atomic E-state index is -4.40. The van der Waals surface area contributed by atoms with Gasteiger partial charge in [-0.25, -0.2) is 8.75 Å². The van der Waals surface area contributed by atoms with Crippen LogP contribution in [-0.4, -0.2) is 22.9 Å². The van der Waals surface area contributed by atoms with Gasteiger partial charge in [0, 0.05) is 28.6 Å². The van der Waals surface area contributed by atoms with Crippen LogP contribution in [0.5, 0.6) is 0 Å². The number of hydrogen-bond donors (Lipinski definition) is 0. The van der Waals surface area contributed by atoms with E-state index < -0.39 is 36.1 Å². The first kappa shape index (κ1) is 28.4. The lowest BCUT2D eigenvalue weighted by Gasteiger charge is -2.32. The molecule has 0 aliphatic heterocycles. The molecular weight excluding hydrogens is 539 g/mol. The Labute approximate surface area is 228 Å². The van der Waals surface area contributed by atoms with Gasteiger partial charge in [0.2, 0.25) is 0 Å². The largest absolute Gasteiger partial charge is 0.290 e. The molecule has 0 aliphatic carbocycles. The molecule has 39 heavy (non-hydrogen) atoms. The molecule has 1 unspecified atom stereocenters. The van der Waals surface area contributed by atoms with E-state index in [2.05, 4.69) is 24.5 Å². The van der Waals surface area contributed by atoms with E-state index in [1.54, 1.807) is 10.2 Å². The maximum Gasteiger partial charge on any atom is 0.290 e. The Morgan fingerprint density at radius 3 is 2.05 bits per heavy atom. The van der Waals surface area contributed by atoms with Crippen LogP contribution in [0.25, 0.3) is 10.9 Å². The normalized spacial score (nSPS) is 14.1. The van der Waals surface area contributed by atoms with E-state index >= 15 is 0 Å². The Kier molecular flexibility index (Phi) is 7.44. The van der Waals surface area contributed by atoms with Gasteiger partial charge in [0.05, 0.1) is 30.7 Å². The van der Waals surface area contributed by atoms with E-state index in [0.717, 1.165) is 23.0 Å². The van der Waals surface area contributed by atoms with Gasteiger partial charge >= 0.3 is 0 Å². The quantitative estimate of drug-likeness (QED) is 0.168. The predicted octanol–water partition coefficient (Wildman–Crippen LogP) is 7.64. The number of rotatable bonds is 7. The molecule has 11 heteroatoms. The molecule has 4 aromatic rings. The minimum absolute atomic E-state index is 0.142. The lowest BCUT2D eigenvalue weighted by molar-refractivity contribution is -0.384. The smallest absolute Gasteiger partial charge is 0.271 e. The summed E-state index contributed by atoms with van der Waals surface area (Å²) in [5.74, 6) is -0.475. The van der Waals surface area contributed by atoms with Crippen LogP contribution in [0.2, 0.25) is 0 Å². The van der Waals surface area contributed by atoms with Gasteiger partial charge in [0.15, 0.2) is 0 Å². The highest BCUT2D eigenvalue weighted by molar-refractivity contribution is 8.03. The van der Waals surface area contributed by atoms with Crippen molar-refractivity contribution in [1.82, 2.24) is 3.97 Å². The molecule has 1 aromatic heterocycles. The molecule has 4 rings (SSSR count). The molecule has 0 N–H and O–H groups in total. The van der Waals surface area contributed by atoms with Gasteiger partial charge < -0.3 is 0 Å². The monoisotopic (exact) mass is 570 g/mol. The highest BCUT2D eigenvalue weighted by Gasteiger charge is 2.30. The summed E-state index contributed by atoms with van der Waals surface area (Å²) in [5.41, 5.74) is -0.410. The fraction of sp³-hybridized carbons (Fsp3) is 0.286. The zero-order valence-corrected chi connectivity index (χ0v) is 24.0. The molecule has 0 saturated carbocycles. The van der Waals surface area contributed by atoms with E-state index in [1.165, 1.54) is 36.4 Å². The van der Waals surface area contributed by atoms with E-state index in [0.29, 0.717) is 11.3 Å². The fourth-order valence-electron chi connectivity index (χ4n) is 4.80. The van der Waals surface area contributed by atoms with E-state index in [4.69, 9.17) is 4.36 Å². The highest BCUT2D eigenvalue weighted by atomic mass is 32.3. The Balaban J connectivity index is 2.17. The zero-order chi connectivity index (χ0) is 28.6. The van der Waals surface area contributed by atoms with Crippen LogP contribution >= 0.6 is 0 Å². The summed E-state index contributed by atoms with van der Waals surface area (Å²) >= 11 is 0. The number of nitrogens with zero attached hydrogens (tertiary/aromatic N) is 4. The second kappa shape index (κ2) is 10.2. The van der Waals surface area contributed by atoms with Crippen LogP contribution < -0.4 is 0 Å². The van der Waals surface area contributed by atoms with Crippen LogP contribution in [0.4, 0.5) is 10.1 Å². The molecule has 0 radical (unpaired) electrons. The third kappa shape index (κ3) is 6.20. The summed E-state index contributed by atoms with van der Waals surface area (Å²) in [4.78, 5) is 10.8. The third-order valence-electron chi connectivity index (χ3n) is 5.85. The summed E-state index contributed by atoms with van der Waals surface area (Å²) in [6, 6.07) is 19.5. The number of aromatic nitrogens is 1. The van der Waals surface area contributed by atoms with Crippen molar-refractivity contribution in [3.8, 4) is 0 Å². The first-order valence-electron chi connectivity index (χ1n) is 12.3. The Hall–Kier alpha value is -3.57. The van der Waals surface area contributed by atoms with E-state index in [9.17, 15) is 22.9 Å². The number of benzene rings is 3. The highest BCUT2D eigenvalue weighted by Crippen LogP contribution is 2.36. The maximum absolute atomic E-state index is 14.1. The van der Waals surface area contributed by atoms with Crippen molar-refractivity contribution in [3.05, 3.63) is 101 Å². The van der Waals surface area contributed by atoms with Crippen molar-refractivity contribution in [1.29, 1.82) is 0 Å². The SMILES string of the molecule is CC(C)(C)CC(C)(C)N=S(=NS(=O)(=O)c1ccc([N+](=O)[O-])cc1)(c1ccc(F)cc1)n1ccc2ccccc21. The lowest BCUT2D eigenvalue weighted by Crippen LogP contribution is -2.28. The number of nitro benzene ring substituents is 1. The van der Waals surface area contributed by atoms with Crippen molar-refractivity contribution in [2.45, 2.75) is 56.4 Å². The first-order valence-corrected chi connectivity index (χ1v) is 15.2. The topological polar surface area (TPSA) is 107 Å². The maximum atomic E-state index is 14.1. The Bertz CT molecular complexity index is 1760. The summed E-state index contributed by atoms with van der Waals surface area (Å²) in [6.07, 6.45) is 2.37. The average Bonchev–Trinajstić information content (AvgIpc) is 3.27. The standard InChI is InChI=1S/C28H31FN4O4S2/c1-27(2,3)20-28(4,5)30-38(24-14-10-22(29)11-15-24,32-19-18-21-8-6-7-9-26(21)32)31-39(36,37)25-16-12-23(13-17-25)33(34)35/h6-19H,20H2,1-5H3. The fourth-order valence-corrected chi connectivity index (χ4v) is 9.83. The number of para-hydroxylation sites is 1. The molecule has 206 valence electrons. The summed E-state index contributed by atoms with van der Waals surface area (Å²) in [5, 5.41) is 12.0. The minimum Gasteiger partial charge on any atom is -0.271 e. The molecule has 1 atom stereocenters. The molecule has 8 nitrogen and oxygen atoms in total. The number of sulfonamides is 1. The van der Waals surface area contributed by atoms with Gasteiger partial charge in [-0.3, -0.25) is 14.1 Å². The van der Waals surface area contributed by atoms with Crippen molar-refractivity contribution in [2.75, 3.05) is 0 Å². The number of non-ortho nitro benzene ring substituents is 1. The second-order valence-electron chi connectivity index (χ2n) is 11.1. The summed E-state index contributed by atoms with van der Waals surface area (Å²) in [7, 11) is -7.54. The zero-order valence-electron chi connectivity index (χ0n) is 22.4. The van der Waals surface area contributed by atoms with Crippen molar-refractivity contribution in [2.24, 2.45) is 13.5 Å². The molecule has 0 spiro atoms. The van der Waals surface area contributed by atoms with Gasteiger partial charge in [-0.1, -0.05) is 39.0 Å². The molecule has 1 heterocycles. The molecule has 0 bridgehead atoms. The summed E-state index contributed by atoms with van der Waals surface area (Å²) in [6.45, 7) is 10.1. The molecule has 0 aliphatic rings. The molecule has 0 fully saturated rings. The second-order valence-corrected chi connectivity index (χ2v) is 15.2. The van der Waals surface area contributed by atoms with Gasteiger partial charge in [-0.15, -0.1) is 3.77 Å². The molecule has 0 amide bonds. The lowest BCUT2D eigenvalue weighted by atomic mass is 9.82. The van der Waals surface area contributed by atoms with Crippen LogP contribution in [0.15, 0.2) is 103 Å². The molecule has 0 saturated heterocycles. The van der Waals surface area contributed by atoms with Crippen LogP contribution in [0.1, 0.15) is 41.0 Å². The summed E-state index contributed by atoms with van der Waals surface area (Å²) < 4.78 is 53.5. The first-order chi connectivity index (χ1) is 18.1. The molecule has 3 aromatic carbocycles. The van der Waals surface area contributed by atoms with E-state index in [-0.39, 0.29) is 16.0 Å².